The number of nitrogens with zero attached hydrogens (tertiary/aromatic N) is 5. The summed E-state index contributed by atoms with van der Waals surface area (Å²) in [5, 5.41) is 12.5. The van der Waals surface area contributed by atoms with Crippen LogP contribution in [-0.2, 0) is 14.3 Å². The summed E-state index contributed by atoms with van der Waals surface area (Å²) >= 11 is 6.25. The summed E-state index contributed by atoms with van der Waals surface area (Å²) in [6.45, 7) is 8.01. The maximum Gasteiger partial charge on any atom is 0.490 e. The van der Waals surface area contributed by atoms with Crippen LogP contribution in [0.2, 0.25) is 5.02 Å². The van der Waals surface area contributed by atoms with E-state index in [1.165, 1.54) is 12.1 Å². The minimum absolute atomic E-state index is 0.0684. The minimum Gasteiger partial charge on any atom is -0.475 e. The van der Waals surface area contributed by atoms with Crippen LogP contribution in [0.3, 0.4) is 0 Å². The highest BCUT2D eigenvalue weighted by molar-refractivity contribution is 6.31. The molecule has 1 amide bonds. The van der Waals surface area contributed by atoms with Crippen LogP contribution in [0.1, 0.15) is 60.3 Å². The molecule has 0 spiro atoms. The lowest BCUT2D eigenvalue weighted by Gasteiger charge is -2.35. The van der Waals surface area contributed by atoms with Crippen LogP contribution in [0.4, 0.5) is 22.0 Å². The lowest BCUT2D eigenvalue weighted by molar-refractivity contribution is -0.192. The molecule has 1 N–H and O–H groups in total. The number of aliphatic carboxylic acids is 1. The number of ether oxygens (including phenoxy) is 1. The number of hydrogen-bond acceptors (Lipinski definition) is 6. The van der Waals surface area contributed by atoms with Crippen molar-refractivity contribution in [1.82, 2.24) is 24.6 Å². The van der Waals surface area contributed by atoms with Gasteiger partial charge in [-0.05, 0) is 80.8 Å². The van der Waals surface area contributed by atoms with E-state index in [9.17, 15) is 26.7 Å². The molecule has 3 aliphatic rings. The molecule has 15 heteroatoms. The van der Waals surface area contributed by atoms with Gasteiger partial charge in [-0.1, -0.05) is 17.7 Å². The molecule has 2 aromatic carbocycles. The second-order valence-electron chi connectivity index (χ2n) is 12.4. The number of morpholine rings is 1. The van der Waals surface area contributed by atoms with E-state index in [2.05, 4.69) is 10.00 Å². The third-order valence-electron chi connectivity index (χ3n) is 9.32. The molecule has 2 aliphatic heterocycles. The van der Waals surface area contributed by atoms with E-state index in [-0.39, 0.29) is 29.7 Å². The molecule has 3 fully saturated rings. The lowest BCUT2D eigenvalue weighted by Crippen LogP contribution is -2.44. The Kier molecular flexibility index (Phi) is 11.1. The number of carboxylic acids is 1. The van der Waals surface area contributed by atoms with Gasteiger partial charge >= 0.3 is 12.1 Å². The van der Waals surface area contributed by atoms with Gasteiger partial charge < -0.3 is 14.7 Å². The van der Waals surface area contributed by atoms with Crippen LogP contribution < -0.4 is 0 Å². The molecule has 1 saturated carbocycles. The van der Waals surface area contributed by atoms with Crippen molar-refractivity contribution in [2.24, 2.45) is 5.92 Å². The van der Waals surface area contributed by atoms with E-state index < -0.39 is 23.8 Å². The number of carboxylic acid groups (broad SMARTS) is 1. The monoisotopic (exact) mass is 697 g/mol. The predicted molar refractivity (Wildman–Crippen MR) is 166 cm³/mol. The fourth-order valence-corrected chi connectivity index (χ4v) is 7.03. The lowest BCUT2D eigenvalue weighted by atomic mass is 9.86. The number of alkyl halides is 3. The molecule has 48 heavy (non-hydrogen) atoms. The third-order valence-corrected chi connectivity index (χ3v) is 9.74. The Morgan fingerprint density at radius 1 is 0.979 bits per heavy atom. The highest BCUT2D eigenvalue weighted by Gasteiger charge is 2.45. The van der Waals surface area contributed by atoms with Crippen molar-refractivity contribution in [1.29, 1.82) is 0 Å². The Morgan fingerprint density at radius 3 is 2.25 bits per heavy atom. The molecule has 9 nitrogen and oxygen atoms in total. The standard InChI is InChI=1S/C31H36ClF2N5O2.C2HF3O2/c1-19-15-23(4-6-28(19)32)39-30(35-20(2)36-39)21-7-9-38(10-8-21)31(40)27-18-24(37-11-13-41-14-12-37)17-26(27)25-5-3-22(33)16-29(25)34;3-2(4,5)1(6)7/h3-6,15-16,21,24,26-27H,7-14,17-18H2,1-2H3;(H,6,7)/t24-,26-,27+;/m0./s1. The first-order chi connectivity index (χ1) is 22.7. The van der Waals surface area contributed by atoms with Gasteiger partial charge in [0.15, 0.2) is 0 Å². The molecule has 260 valence electrons. The maximum atomic E-state index is 15.0. The molecule has 3 heterocycles. The summed E-state index contributed by atoms with van der Waals surface area (Å²) in [7, 11) is 0. The second-order valence-corrected chi connectivity index (χ2v) is 12.8. The molecule has 1 aromatic heterocycles. The van der Waals surface area contributed by atoms with E-state index in [1.807, 2.05) is 41.6 Å². The van der Waals surface area contributed by atoms with Crippen molar-refractivity contribution in [3.05, 3.63) is 75.8 Å². The number of hydrogen-bond donors (Lipinski definition) is 1. The zero-order valence-corrected chi connectivity index (χ0v) is 27.3. The first-order valence-electron chi connectivity index (χ1n) is 15.8. The fourth-order valence-electron chi connectivity index (χ4n) is 6.91. The number of aromatic nitrogens is 3. The van der Waals surface area contributed by atoms with Crippen LogP contribution in [0.15, 0.2) is 36.4 Å². The topological polar surface area (TPSA) is 101 Å². The summed E-state index contributed by atoms with van der Waals surface area (Å²) in [5.41, 5.74) is 2.34. The molecule has 0 unspecified atom stereocenters. The van der Waals surface area contributed by atoms with Gasteiger partial charge in [-0.15, -0.1) is 0 Å². The average molecular weight is 698 g/mol. The number of benzene rings is 2. The van der Waals surface area contributed by atoms with Crippen molar-refractivity contribution in [3.63, 3.8) is 0 Å². The van der Waals surface area contributed by atoms with Crippen molar-refractivity contribution in [3.8, 4) is 5.69 Å². The normalized spacial score (nSPS) is 22.3. The first-order valence-corrected chi connectivity index (χ1v) is 16.2. The number of halogens is 6. The van der Waals surface area contributed by atoms with Gasteiger partial charge in [-0.3, -0.25) is 9.69 Å². The van der Waals surface area contributed by atoms with Crippen LogP contribution in [0.5, 0.6) is 0 Å². The number of piperidine rings is 1. The van der Waals surface area contributed by atoms with Crippen molar-refractivity contribution >= 4 is 23.5 Å². The van der Waals surface area contributed by atoms with Crippen molar-refractivity contribution in [2.45, 2.75) is 63.6 Å². The zero-order valence-electron chi connectivity index (χ0n) is 26.5. The maximum absolute atomic E-state index is 15.0. The fraction of sp³-hybridized carbons (Fsp3) is 0.515. The Balaban J connectivity index is 0.000000582. The Bertz CT molecular complexity index is 1620. The molecule has 6 rings (SSSR count). The van der Waals surface area contributed by atoms with Gasteiger partial charge in [-0.2, -0.15) is 18.3 Å². The SMILES string of the molecule is Cc1nc(C2CCN(C(=O)[C@@H]3C[C@@H](N4CCOCC4)C[C@H]3c3ccc(F)cc3F)CC2)n(-c2ccc(Cl)c(C)c2)n1.O=C(O)C(F)(F)F. The zero-order chi connectivity index (χ0) is 34.7. The molecule has 2 saturated heterocycles. The van der Waals surface area contributed by atoms with E-state index in [0.29, 0.717) is 55.6 Å². The van der Waals surface area contributed by atoms with Crippen LogP contribution >= 0.6 is 11.6 Å². The largest absolute Gasteiger partial charge is 0.490 e. The summed E-state index contributed by atoms with van der Waals surface area (Å²) in [6, 6.07) is 9.77. The van der Waals surface area contributed by atoms with Gasteiger partial charge in [0.05, 0.1) is 18.9 Å². The van der Waals surface area contributed by atoms with Crippen LogP contribution in [0.25, 0.3) is 5.69 Å². The smallest absolute Gasteiger partial charge is 0.475 e. The molecule has 3 aromatic rings. The Labute approximate surface area is 279 Å². The summed E-state index contributed by atoms with van der Waals surface area (Å²) in [6.07, 6.45) is -2.20. The number of aryl methyl sites for hydroxylation is 2. The number of likely N-dealkylation sites (tertiary alicyclic amines) is 1. The van der Waals surface area contributed by atoms with Crippen molar-refractivity contribution < 1.29 is 41.4 Å². The van der Waals surface area contributed by atoms with E-state index in [1.54, 1.807) is 0 Å². The highest BCUT2D eigenvalue weighted by Crippen LogP contribution is 2.44. The summed E-state index contributed by atoms with van der Waals surface area (Å²) < 4.78 is 67.9. The van der Waals surface area contributed by atoms with Crippen LogP contribution in [-0.4, -0.2) is 93.2 Å². The number of amides is 1. The third kappa shape index (κ3) is 8.15. The minimum atomic E-state index is -5.08. The van der Waals surface area contributed by atoms with Gasteiger partial charge in [0.25, 0.3) is 0 Å². The predicted octanol–water partition coefficient (Wildman–Crippen LogP) is 6.05. The van der Waals surface area contributed by atoms with E-state index in [4.69, 9.17) is 31.2 Å². The second kappa shape index (κ2) is 14.9. The van der Waals surface area contributed by atoms with Gasteiger partial charge in [0.2, 0.25) is 5.91 Å². The molecule has 3 atom stereocenters. The molecule has 1 aliphatic carbocycles. The quantitative estimate of drug-likeness (QED) is 0.324. The molecule has 0 bridgehead atoms. The summed E-state index contributed by atoms with van der Waals surface area (Å²) in [4.78, 5) is 32.0. The number of carbonyl (C=O) groups excluding carboxylic acids is 1. The molecular weight excluding hydrogens is 661 g/mol. The number of rotatable bonds is 5. The number of carbonyl (C=O) groups is 2. The van der Waals surface area contributed by atoms with E-state index >= 15 is 0 Å². The molecular formula is C33H37ClF5N5O4. The van der Waals surface area contributed by atoms with Gasteiger partial charge in [0, 0.05) is 55.1 Å². The Morgan fingerprint density at radius 2 is 1.65 bits per heavy atom. The Hall–Kier alpha value is -3.62. The van der Waals surface area contributed by atoms with Crippen LogP contribution in [0, 0.1) is 31.4 Å². The highest BCUT2D eigenvalue weighted by atomic mass is 35.5. The van der Waals surface area contributed by atoms with Gasteiger partial charge in [0.1, 0.15) is 23.3 Å². The van der Waals surface area contributed by atoms with Gasteiger partial charge in [-0.25, -0.2) is 23.2 Å². The van der Waals surface area contributed by atoms with Crippen molar-refractivity contribution in [2.75, 3.05) is 39.4 Å². The molecule has 0 radical (unpaired) electrons. The van der Waals surface area contributed by atoms with E-state index in [0.717, 1.165) is 49.1 Å². The average Bonchev–Trinajstić information content (AvgIpc) is 3.67. The first kappa shape index (κ1) is 35.7. The summed E-state index contributed by atoms with van der Waals surface area (Å²) in [5.74, 6) is -2.73.